The number of benzene rings is 1. The van der Waals surface area contributed by atoms with Crippen LogP contribution >= 0.6 is 0 Å². The van der Waals surface area contributed by atoms with E-state index in [0.717, 1.165) is 19.3 Å². The summed E-state index contributed by atoms with van der Waals surface area (Å²) in [7, 11) is 0. The Kier molecular flexibility index (Phi) is 5.20. The van der Waals surface area contributed by atoms with Crippen molar-refractivity contribution in [3.63, 3.8) is 0 Å². The summed E-state index contributed by atoms with van der Waals surface area (Å²) in [5, 5.41) is 14.9. The summed E-state index contributed by atoms with van der Waals surface area (Å²) in [6.07, 6.45) is 3.12. The van der Waals surface area contributed by atoms with Crippen LogP contribution in [0.1, 0.15) is 37.7 Å². The molecule has 0 spiro atoms. The Morgan fingerprint density at radius 2 is 2.00 bits per heavy atom. The van der Waals surface area contributed by atoms with Crippen molar-refractivity contribution in [1.29, 1.82) is 0 Å². The smallest absolute Gasteiger partial charge is 0.315 e. The van der Waals surface area contributed by atoms with Crippen LogP contribution in [0, 0.1) is 5.92 Å². The van der Waals surface area contributed by atoms with Crippen LogP contribution in [0.4, 0.5) is 4.79 Å². The fourth-order valence-electron chi connectivity index (χ4n) is 2.80. The van der Waals surface area contributed by atoms with Gasteiger partial charge in [0.2, 0.25) is 0 Å². The van der Waals surface area contributed by atoms with Crippen molar-refractivity contribution in [3.8, 4) is 0 Å². The molecule has 1 aliphatic rings. The molecular weight excluding hydrogens is 268 g/mol. The van der Waals surface area contributed by atoms with Crippen LogP contribution in [0.25, 0.3) is 0 Å². The lowest BCUT2D eigenvalue weighted by Gasteiger charge is -2.16. The number of rotatable bonds is 5. The van der Waals surface area contributed by atoms with Gasteiger partial charge in [0.05, 0.1) is 5.92 Å². The first kappa shape index (κ1) is 15.4. The maximum Gasteiger partial charge on any atom is 0.315 e. The van der Waals surface area contributed by atoms with Crippen molar-refractivity contribution in [2.45, 2.75) is 38.1 Å². The molecule has 1 saturated carbocycles. The van der Waals surface area contributed by atoms with Crippen LogP contribution < -0.4 is 10.6 Å². The van der Waals surface area contributed by atoms with E-state index in [1.807, 2.05) is 6.07 Å². The number of nitrogens with one attached hydrogen (secondary N) is 2. The molecule has 1 fully saturated rings. The van der Waals surface area contributed by atoms with E-state index in [1.54, 1.807) is 24.3 Å². The molecule has 2 rings (SSSR count). The summed E-state index contributed by atoms with van der Waals surface area (Å²) in [5.74, 6) is -1.01. The summed E-state index contributed by atoms with van der Waals surface area (Å²) in [4.78, 5) is 23.2. The second kappa shape index (κ2) is 7.11. The predicted octanol–water partition coefficient (Wildman–Crippen LogP) is 2.34. The van der Waals surface area contributed by atoms with E-state index in [0.29, 0.717) is 11.5 Å². The molecule has 5 nitrogen and oxygen atoms in total. The van der Waals surface area contributed by atoms with Gasteiger partial charge in [-0.2, -0.15) is 0 Å². The Bertz CT molecular complexity index is 490. The number of urea groups is 1. The Morgan fingerprint density at radius 1 is 1.29 bits per heavy atom. The number of amides is 2. The lowest BCUT2D eigenvalue weighted by molar-refractivity contribution is -0.138. The minimum atomic E-state index is -0.934. The van der Waals surface area contributed by atoms with Crippen molar-refractivity contribution >= 4 is 12.0 Å². The van der Waals surface area contributed by atoms with Gasteiger partial charge in [0.25, 0.3) is 0 Å². The number of carboxylic acids is 1. The third-order valence-electron chi connectivity index (χ3n) is 4.00. The minimum Gasteiger partial charge on any atom is -0.481 e. The van der Waals surface area contributed by atoms with Crippen molar-refractivity contribution in [2.75, 3.05) is 6.54 Å². The van der Waals surface area contributed by atoms with Crippen LogP contribution in [-0.4, -0.2) is 29.7 Å². The van der Waals surface area contributed by atoms with Gasteiger partial charge in [-0.15, -0.1) is 0 Å². The Balaban J connectivity index is 1.84. The average molecular weight is 290 g/mol. The standard InChI is InChI=1S/C16H22N2O3/c1-11-7-8-13(9-11)18-16(21)17-10-14(15(19)20)12-5-3-2-4-6-12/h2-6,11,13-14H,7-10H2,1H3,(H,19,20)(H2,17,18,21). The minimum absolute atomic E-state index is 0.0907. The van der Waals surface area contributed by atoms with Gasteiger partial charge >= 0.3 is 12.0 Å². The molecule has 114 valence electrons. The van der Waals surface area contributed by atoms with Gasteiger partial charge in [-0.25, -0.2) is 4.79 Å². The van der Waals surface area contributed by atoms with Crippen molar-refractivity contribution < 1.29 is 14.7 Å². The first-order valence-corrected chi connectivity index (χ1v) is 7.38. The van der Waals surface area contributed by atoms with Crippen LogP contribution in [0.2, 0.25) is 0 Å². The Hall–Kier alpha value is -2.04. The Labute approximate surface area is 124 Å². The van der Waals surface area contributed by atoms with Crippen LogP contribution in [0.5, 0.6) is 0 Å². The summed E-state index contributed by atoms with van der Waals surface area (Å²) in [6.45, 7) is 2.27. The quantitative estimate of drug-likeness (QED) is 0.779. The number of hydrogen-bond donors (Lipinski definition) is 3. The van der Waals surface area contributed by atoms with Crippen LogP contribution in [-0.2, 0) is 4.79 Å². The fourth-order valence-corrected chi connectivity index (χ4v) is 2.80. The molecule has 0 bridgehead atoms. The Morgan fingerprint density at radius 3 is 2.57 bits per heavy atom. The van der Waals surface area contributed by atoms with E-state index in [1.165, 1.54) is 0 Å². The third kappa shape index (κ3) is 4.48. The molecule has 1 aliphatic carbocycles. The summed E-state index contributed by atoms with van der Waals surface area (Å²) < 4.78 is 0. The molecule has 2 amide bonds. The zero-order valence-electron chi connectivity index (χ0n) is 12.2. The maximum atomic E-state index is 11.8. The number of carboxylic acid groups (broad SMARTS) is 1. The second-order valence-corrected chi connectivity index (χ2v) is 5.77. The monoisotopic (exact) mass is 290 g/mol. The lowest BCUT2D eigenvalue weighted by Crippen LogP contribution is -2.43. The highest BCUT2D eigenvalue weighted by Gasteiger charge is 2.24. The fraction of sp³-hybridized carbons (Fsp3) is 0.500. The van der Waals surface area contributed by atoms with Gasteiger partial charge < -0.3 is 15.7 Å². The molecule has 5 heteroatoms. The summed E-state index contributed by atoms with van der Waals surface area (Å²) in [5.41, 5.74) is 0.694. The van der Waals surface area contributed by atoms with E-state index >= 15 is 0 Å². The van der Waals surface area contributed by atoms with E-state index in [-0.39, 0.29) is 18.6 Å². The molecule has 1 aromatic carbocycles. The molecule has 21 heavy (non-hydrogen) atoms. The van der Waals surface area contributed by atoms with Gasteiger partial charge in [0.15, 0.2) is 0 Å². The molecule has 3 N–H and O–H groups in total. The molecule has 0 heterocycles. The number of aliphatic carboxylic acids is 1. The molecule has 3 atom stereocenters. The normalized spacial score (nSPS) is 22.5. The van der Waals surface area contributed by atoms with E-state index in [4.69, 9.17) is 0 Å². The van der Waals surface area contributed by atoms with Gasteiger partial charge in [-0.05, 0) is 30.7 Å². The third-order valence-corrected chi connectivity index (χ3v) is 4.00. The zero-order chi connectivity index (χ0) is 15.2. The second-order valence-electron chi connectivity index (χ2n) is 5.77. The molecular formula is C16H22N2O3. The largest absolute Gasteiger partial charge is 0.481 e. The highest BCUT2D eigenvalue weighted by molar-refractivity contribution is 5.79. The number of carbonyl (C=O) groups excluding carboxylic acids is 1. The van der Waals surface area contributed by atoms with Crippen molar-refractivity contribution in [1.82, 2.24) is 10.6 Å². The van der Waals surface area contributed by atoms with Crippen molar-refractivity contribution in [2.24, 2.45) is 5.92 Å². The van der Waals surface area contributed by atoms with Crippen LogP contribution in [0.15, 0.2) is 30.3 Å². The average Bonchev–Trinajstić information content (AvgIpc) is 2.85. The SMILES string of the molecule is CC1CCC(NC(=O)NCC(C(=O)O)c2ccccc2)C1. The molecule has 1 aromatic rings. The lowest BCUT2D eigenvalue weighted by atomic mass is 9.99. The zero-order valence-corrected chi connectivity index (χ0v) is 12.2. The molecule has 3 unspecified atom stereocenters. The van der Waals surface area contributed by atoms with Gasteiger partial charge in [-0.3, -0.25) is 4.79 Å². The molecule has 0 saturated heterocycles. The van der Waals surface area contributed by atoms with E-state index < -0.39 is 11.9 Å². The van der Waals surface area contributed by atoms with Gasteiger partial charge in [0.1, 0.15) is 0 Å². The van der Waals surface area contributed by atoms with Crippen LogP contribution in [0.3, 0.4) is 0 Å². The molecule has 0 aliphatic heterocycles. The van der Waals surface area contributed by atoms with Gasteiger partial charge in [0, 0.05) is 12.6 Å². The van der Waals surface area contributed by atoms with E-state index in [2.05, 4.69) is 17.6 Å². The molecule has 0 radical (unpaired) electrons. The number of hydrogen-bond acceptors (Lipinski definition) is 2. The maximum absolute atomic E-state index is 11.8. The van der Waals surface area contributed by atoms with Crippen molar-refractivity contribution in [3.05, 3.63) is 35.9 Å². The van der Waals surface area contributed by atoms with Gasteiger partial charge in [-0.1, -0.05) is 37.3 Å². The summed E-state index contributed by atoms with van der Waals surface area (Å²) >= 11 is 0. The predicted molar refractivity (Wildman–Crippen MR) is 80.2 cm³/mol. The first-order valence-electron chi connectivity index (χ1n) is 7.38. The highest BCUT2D eigenvalue weighted by Crippen LogP contribution is 2.24. The van der Waals surface area contributed by atoms with E-state index in [9.17, 15) is 14.7 Å². The molecule has 0 aromatic heterocycles. The first-order chi connectivity index (χ1) is 10.1. The highest BCUT2D eigenvalue weighted by atomic mass is 16.4. The topological polar surface area (TPSA) is 78.4 Å². The number of carbonyl (C=O) groups is 2. The summed E-state index contributed by atoms with van der Waals surface area (Å²) in [6, 6.07) is 8.88.